The van der Waals surface area contributed by atoms with Gasteiger partial charge in [0.2, 0.25) is 0 Å². The lowest BCUT2D eigenvalue weighted by molar-refractivity contribution is -0.139. The van der Waals surface area contributed by atoms with Gasteiger partial charge in [0.1, 0.15) is 5.82 Å². The lowest BCUT2D eigenvalue weighted by Gasteiger charge is -2.34. The Hall–Kier alpha value is -1.71. The summed E-state index contributed by atoms with van der Waals surface area (Å²) >= 11 is 0. The van der Waals surface area contributed by atoms with Gasteiger partial charge in [0.05, 0.1) is 24.8 Å². The zero-order chi connectivity index (χ0) is 18.6. The van der Waals surface area contributed by atoms with Gasteiger partial charge in [-0.2, -0.15) is 13.2 Å². The Morgan fingerprint density at radius 3 is 2.80 bits per heavy atom. The van der Waals surface area contributed by atoms with Crippen LogP contribution in [0.5, 0.6) is 0 Å². The number of alkyl halides is 3. The highest BCUT2D eigenvalue weighted by Gasteiger charge is 2.31. The number of halogens is 4. The van der Waals surface area contributed by atoms with Crippen molar-refractivity contribution in [1.82, 2.24) is 9.80 Å². The maximum atomic E-state index is 13.9. The predicted octanol–water partition coefficient (Wildman–Crippen LogP) is 2.06. The molecule has 1 aromatic carbocycles. The van der Waals surface area contributed by atoms with Gasteiger partial charge in [0.25, 0.3) is 0 Å². The minimum Gasteiger partial charge on any atom is -0.480 e. The summed E-state index contributed by atoms with van der Waals surface area (Å²) < 4.78 is 57.8. The molecule has 0 aliphatic carbocycles. The van der Waals surface area contributed by atoms with Crippen LogP contribution in [0.2, 0.25) is 0 Å². The zero-order valence-electron chi connectivity index (χ0n) is 13.7. The molecule has 0 radical (unpaired) electrons. The van der Waals surface area contributed by atoms with Crippen molar-refractivity contribution in [3.8, 4) is 0 Å². The van der Waals surface area contributed by atoms with Crippen molar-refractivity contribution in [1.29, 1.82) is 0 Å². The van der Waals surface area contributed by atoms with Crippen molar-refractivity contribution in [3.05, 3.63) is 35.1 Å². The molecule has 0 saturated carbocycles. The van der Waals surface area contributed by atoms with Gasteiger partial charge in [-0.1, -0.05) is 0 Å². The lowest BCUT2D eigenvalue weighted by Crippen LogP contribution is -2.47. The number of morpholine rings is 1. The molecule has 1 atom stereocenters. The van der Waals surface area contributed by atoms with Crippen LogP contribution in [0.3, 0.4) is 0 Å². The van der Waals surface area contributed by atoms with Crippen LogP contribution in [0.25, 0.3) is 0 Å². The second-order valence-corrected chi connectivity index (χ2v) is 6.12. The molecular formula is C16H20F4N2O3. The molecule has 25 heavy (non-hydrogen) atoms. The monoisotopic (exact) mass is 364 g/mol. The SMILES string of the molecule is CN(CC(=O)O)CC1CN(Cc2cc(C(F)(F)F)ccc2F)CCO1. The first-order valence-corrected chi connectivity index (χ1v) is 7.75. The summed E-state index contributed by atoms with van der Waals surface area (Å²) in [5.41, 5.74) is -0.899. The molecule has 1 unspecified atom stereocenters. The number of ether oxygens (including phenoxy) is 1. The number of aliphatic carboxylic acids is 1. The predicted molar refractivity (Wildman–Crippen MR) is 81.6 cm³/mol. The van der Waals surface area contributed by atoms with Gasteiger partial charge in [0.15, 0.2) is 0 Å². The van der Waals surface area contributed by atoms with Crippen molar-refractivity contribution in [2.45, 2.75) is 18.8 Å². The van der Waals surface area contributed by atoms with E-state index in [1.165, 1.54) is 0 Å². The fourth-order valence-electron chi connectivity index (χ4n) is 2.79. The van der Waals surface area contributed by atoms with Crippen LogP contribution in [0.4, 0.5) is 17.6 Å². The minimum absolute atomic E-state index is 0.0191. The second kappa shape index (κ2) is 8.11. The van der Waals surface area contributed by atoms with Crippen molar-refractivity contribution in [3.63, 3.8) is 0 Å². The van der Waals surface area contributed by atoms with E-state index in [-0.39, 0.29) is 24.8 Å². The van der Waals surface area contributed by atoms with Gasteiger partial charge >= 0.3 is 12.1 Å². The van der Waals surface area contributed by atoms with Crippen LogP contribution in [0.15, 0.2) is 18.2 Å². The molecule has 1 fully saturated rings. The van der Waals surface area contributed by atoms with Gasteiger partial charge in [-0.05, 0) is 25.2 Å². The molecule has 1 aromatic rings. The smallest absolute Gasteiger partial charge is 0.416 e. The maximum Gasteiger partial charge on any atom is 0.416 e. The summed E-state index contributed by atoms with van der Waals surface area (Å²) in [7, 11) is 1.64. The first-order valence-electron chi connectivity index (χ1n) is 7.75. The average Bonchev–Trinajstić information content (AvgIpc) is 2.47. The summed E-state index contributed by atoms with van der Waals surface area (Å²) in [4.78, 5) is 14.1. The summed E-state index contributed by atoms with van der Waals surface area (Å²) in [6.07, 6.45) is -4.80. The third-order valence-corrected chi connectivity index (χ3v) is 3.91. The van der Waals surface area contributed by atoms with Crippen LogP contribution in [0.1, 0.15) is 11.1 Å². The first-order chi connectivity index (χ1) is 11.6. The van der Waals surface area contributed by atoms with E-state index in [0.29, 0.717) is 26.2 Å². The van der Waals surface area contributed by atoms with E-state index in [0.717, 1.165) is 18.2 Å². The zero-order valence-corrected chi connectivity index (χ0v) is 13.7. The highest BCUT2D eigenvalue weighted by Crippen LogP contribution is 2.30. The molecule has 9 heteroatoms. The number of likely N-dealkylation sites (N-methyl/N-ethyl adjacent to an activating group) is 1. The van der Waals surface area contributed by atoms with Crippen molar-refractivity contribution >= 4 is 5.97 Å². The van der Waals surface area contributed by atoms with Crippen LogP contribution < -0.4 is 0 Å². The number of carbonyl (C=O) groups is 1. The Morgan fingerprint density at radius 1 is 1.44 bits per heavy atom. The molecule has 1 aliphatic heterocycles. The van der Waals surface area contributed by atoms with E-state index < -0.39 is 23.5 Å². The Labute approximate surface area is 142 Å². The standard InChI is InChI=1S/C16H20F4N2O3/c1-21(10-15(23)24)8-13-9-22(4-5-25-13)7-11-6-12(16(18,19)20)2-3-14(11)17/h2-3,6,13H,4-5,7-10H2,1H3,(H,23,24). The number of carboxylic acid groups (broad SMARTS) is 1. The Balaban J connectivity index is 1.99. The number of hydrogen-bond acceptors (Lipinski definition) is 4. The fraction of sp³-hybridized carbons (Fsp3) is 0.562. The normalized spacial score (nSPS) is 19.4. The topological polar surface area (TPSA) is 53.0 Å². The summed E-state index contributed by atoms with van der Waals surface area (Å²) in [5.74, 6) is -1.64. The van der Waals surface area contributed by atoms with E-state index >= 15 is 0 Å². The molecular weight excluding hydrogens is 344 g/mol. The van der Waals surface area contributed by atoms with E-state index in [4.69, 9.17) is 9.84 Å². The minimum atomic E-state index is -4.52. The third kappa shape index (κ3) is 5.94. The largest absolute Gasteiger partial charge is 0.480 e. The van der Waals surface area contributed by atoms with E-state index in [1.807, 2.05) is 0 Å². The number of rotatable bonds is 6. The van der Waals surface area contributed by atoms with E-state index in [2.05, 4.69) is 0 Å². The molecule has 0 bridgehead atoms. The van der Waals surface area contributed by atoms with Crippen LogP contribution in [-0.2, 0) is 22.3 Å². The van der Waals surface area contributed by atoms with Gasteiger partial charge in [-0.3, -0.25) is 14.6 Å². The molecule has 1 heterocycles. The number of hydrogen-bond donors (Lipinski definition) is 1. The Morgan fingerprint density at radius 2 is 2.16 bits per heavy atom. The van der Waals surface area contributed by atoms with E-state index in [1.54, 1.807) is 16.8 Å². The highest BCUT2D eigenvalue weighted by atomic mass is 19.4. The van der Waals surface area contributed by atoms with Gasteiger partial charge in [0, 0.05) is 31.7 Å². The number of nitrogens with zero attached hydrogens (tertiary/aromatic N) is 2. The van der Waals surface area contributed by atoms with Gasteiger partial charge in [-0.15, -0.1) is 0 Å². The molecule has 1 saturated heterocycles. The Kier molecular flexibility index (Phi) is 6.36. The molecule has 0 amide bonds. The highest BCUT2D eigenvalue weighted by molar-refractivity contribution is 5.69. The molecule has 1 N–H and O–H groups in total. The molecule has 5 nitrogen and oxygen atoms in total. The molecule has 1 aliphatic rings. The second-order valence-electron chi connectivity index (χ2n) is 6.12. The number of carboxylic acids is 1. The van der Waals surface area contributed by atoms with Crippen molar-refractivity contribution < 1.29 is 32.2 Å². The van der Waals surface area contributed by atoms with Crippen LogP contribution in [0, 0.1) is 5.82 Å². The van der Waals surface area contributed by atoms with Crippen molar-refractivity contribution in [2.75, 3.05) is 39.8 Å². The lowest BCUT2D eigenvalue weighted by atomic mass is 10.1. The molecule has 140 valence electrons. The maximum absolute atomic E-state index is 13.9. The van der Waals surface area contributed by atoms with E-state index in [9.17, 15) is 22.4 Å². The summed E-state index contributed by atoms with van der Waals surface area (Å²) in [6, 6.07) is 2.38. The Bertz CT molecular complexity index is 610. The van der Waals surface area contributed by atoms with Gasteiger partial charge in [-0.25, -0.2) is 4.39 Å². The van der Waals surface area contributed by atoms with Crippen LogP contribution in [-0.4, -0.2) is 66.8 Å². The van der Waals surface area contributed by atoms with Gasteiger partial charge < -0.3 is 9.84 Å². The third-order valence-electron chi connectivity index (χ3n) is 3.91. The molecule has 0 spiro atoms. The fourth-order valence-corrected chi connectivity index (χ4v) is 2.79. The quantitative estimate of drug-likeness (QED) is 0.784. The number of benzene rings is 1. The molecule has 0 aromatic heterocycles. The molecule has 2 rings (SSSR count). The average molecular weight is 364 g/mol. The first kappa shape index (κ1) is 19.6. The van der Waals surface area contributed by atoms with Crippen molar-refractivity contribution in [2.24, 2.45) is 0 Å². The van der Waals surface area contributed by atoms with Crippen LogP contribution >= 0.6 is 0 Å². The summed E-state index contributed by atoms with van der Waals surface area (Å²) in [6.45, 7) is 1.48. The summed E-state index contributed by atoms with van der Waals surface area (Å²) in [5, 5.41) is 8.76.